The van der Waals surface area contributed by atoms with Crippen LogP contribution in [0.5, 0.6) is 5.75 Å². The lowest BCUT2D eigenvalue weighted by Gasteiger charge is -2.24. The van der Waals surface area contributed by atoms with Crippen molar-refractivity contribution in [2.24, 2.45) is 4.99 Å². The number of carbonyl (C=O) groups is 8. The maximum absolute atomic E-state index is 13.8. The number of aryl methyl sites for hydroxylation is 2. The van der Waals surface area contributed by atoms with Gasteiger partial charge in [0.25, 0.3) is 5.91 Å². The second kappa shape index (κ2) is 31.5. The summed E-state index contributed by atoms with van der Waals surface area (Å²) >= 11 is 0. The summed E-state index contributed by atoms with van der Waals surface area (Å²) in [5, 5.41) is 31.4. The zero-order valence-electron chi connectivity index (χ0n) is 49.0. The molecule has 0 aliphatic carbocycles. The molecule has 8 N–H and O–H groups in total. The van der Waals surface area contributed by atoms with E-state index in [2.05, 4.69) is 46.7 Å². The summed E-state index contributed by atoms with van der Waals surface area (Å²) in [6, 6.07) is 12.3. The minimum absolute atomic E-state index is 0.00372. The number of aliphatic carboxylic acids is 1. The third-order valence-electron chi connectivity index (χ3n) is 12.6. The Bertz CT molecular complexity index is 3080. The first-order chi connectivity index (χ1) is 39.7. The van der Waals surface area contributed by atoms with E-state index < -0.39 is 87.6 Å². The van der Waals surface area contributed by atoms with Crippen molar-refractivity contribution >= 4 is 74.4 Å². The number of carbonyl (C=O) groups excluding carboxylic acids is 7. The first-order valence-electron chi connectivity index (χ1n) is 27.9. The zero-order chi connectivity index (χ0) is 61.6. The minimum atomic E-state index is -4.45. The largest absolute Gasteiger partial charge is 0.494 e. The number of esters is 2. The number of nitrogens with one attached hydrogen (secondary N) is 7. The van der Waals surface area contributed by atoms with Crippen LogP contribution in [-0.2, 0) is 66.2 Å². The SMILES string of the molecule is Cc1cc(OCCCC(=O)NCCNC(=O)[C@H](CCC(=O)OC(C)(C)C)NC(=O)[C@H](CCC(=O)OC(C)(C)C)NC(=O)OCc2ccccc2)cc(C)c1S(=O)(=O)N[C@@H](CNC(=O)c1ccc2c(cnn2CCNC2=NCCCC2)c1)C(=O)O. The lowest BCUT2D eigenvalue weighted by molar-refractivity contribution is -0.156. The van der Waals surface area contributed by atoms with E-state index in [0.29, 0.717) is 29.8 Å². The standard InChI is InChI=1S/C58H80N10O15S/c1-37-31-42(32-38(2)51(37)84(78,79)67-45(55(75)76)35-63-52(72)40-19-22-46-41(33-40)34-64-68(46)29-28-60-47-17-12-13-25-59-47)80-30-14-18-48(69)61-26-27-62-53(73)43(20-23-49(70)82-57(3,4)5)65-54(74)44(21-24-50(71)83-58(6,7)8)66-56(77)81-36-39-15-10-9-11-16-39/h9-11,15-16,19,22,31-34,43-45,67H,12-14,17-18,20-21,23-30,35-36H2,1-8H3,(H,59,60)(H,61,69)(H,62,73)(H,63,72)(H,65,74)(H,66,77)(H,75,76)/t43-,44-,45-/m0/s1. The van der Waals surface area contributed by atoms with Crippen molar-refractivity contribution in [1.29, 1.82) is 0 Å². The molecule has 2 heterocycles. The Balaban J connectivity index is 1.08. The zero-order valence-corrected chi connectivity index (χ0v) is 49.8. The fourth-order valence-electron chi connectivity index (χ4n) is 8.74. The Kier molecular flexibility index (Phi) is 25.0. The van der Waals surface area contributed by atoms with Gasteiger partial charge in [-0.25, -0.2) is 13.2 Å². The van der Waals surface area contributed by atoms with E-state index in [1.54, 1.807) is 96.3 Å². The predicted octanol–water partition coefficient (Wildman–Crippen LogP) is 4.40. The maximum Gasteiger partial charge on any atom is 0.408 e. The number of amidine groups is 1. The van der Waals surface area contributed by atoms with Gasteiger partial charge in [0.15, 0.2) is 0 Å². The molecule has 0 unspecified atom stereocenters. The quantitative estimate of drug-likeness (QED) is 0.0204. The van der Waals surface area contributed by atoms with Crippen molar-refractivity contribution in [2.75, 3.05) is 39.3 Å². The number of alkyl carbamates (subject to hydrolysis) is 1. The Labute approximate surface area is 489 Å². The molecule has 0 radical (unpaired) electrons. The maximum atomic E-state index is 13.8. The van der Waals surface area contributed by atoms with Gasteiger partial charge in [-0.15, -0.1) is 0 Å². The Morgan fingerprint density at radius 1 is 0.738 bits per heavy atom. The average molecular weight is 1190 g/mol. The third-order valence-corrected chi connectivity index (χ3v) is 14.4. The second-order valence-corrected chi connectivity index (χ2v) is 23.8. The van der Waals surface area contributed by atoms with Crippen molar-refractivity contribution in [2.45, 2.75) is 161 Å². The van der Waals surface area contributed by atoms with E-state index in [1.807, 2.05) is 4.68 Å². The molecular weight excluding hydrogens is 1110 g/mol. The highest BCUT2D eigenvalue weighted by Gasteiger charge is 2.31. The van der Waals surface area contributed by atoms with Crippen LogP contribution in [0.1, 0.15) is 126 Å². The van der Waals surface area contributed by atoms with E-state index in [0.717, 1.165) is 37.2 Å². The van der Waals surface area contributed by atoms with Crippen LogP contribution in [0.25, 0.3) is 10.9 Å². The average Bonchev–Trinajstić information content (AvgIpc) is 2.66. The Morgan fingerprint density at radius 3 is 2.00 bits per heavy atom. The summed E-state index contributed by atoms with van der Waals surface area (Å²) in [6.07, 6.45) is 3.03. The molecule has 4 aromatic rings. The lowest BCUT2D eigenvalue weighted by Crippen LogP contribution is -2.54. The summed E-state index contributed by atoms with van der Waals surface area (Å²) in [4.78, 5) is 108. The van der Waals surface area contributed by atoms with E-state index in [4.69, 9.17) is 18.9 Å². The number of carboxylic acid groups (broad SMARTS) is 1. The normalized spacial score (nSPS) is 13.7. The van der Waals surface area contributed by atoms with Gasteiger partial charge in [0.05, 0.1) is 35.6 Å². The minimum Gasteiger partial charge on any atom is -0.494 e. The monoisotopic (exact) mass is 1190 g/mol. The predicted molar refractivity (Wildman–Crippen MR) is 310 cm³/mol. The highest BCUT2D eigenvalue weighted by atomic mass is 32.2. The summed E-state index contributed by atoms with van der Waals surface area (Å²) in [6.45, 7) is 14.4. The number of hydrogen-bond acceptors (Lipinski definition) is 17. The highest BCUT2D eigenvalue weighted by Crippen LogP contribution is 2.27. The molecule has 3 aromatic carbocycles. The number of nitrogens with zero attached hydrogens (tertiary/aromatic N) is 3. The van der Waals surface area contributed by atoms with Crippen LogP contribution in [0.2, 0.25) is 0 Å². The molecule has 0 saturated heterocycles. The van der Waals surface area contributed by atoms with Crippen molar-refractivity contribution in [1.82, 2.24) is 46.4 Å². The molecule has 5 amide bonds. The summed E-state index contributed by atoms with van der Waals surface area (Å²) in [7, 11) is -4.45. The highest BCUT2D eigenvalue weighted by molar-refractivity contribution is 7.89. The van der Waals surface area contributed by atoms with Crippen molar-refractivity contribution in [3.8, 4) is 5.75 Å². The van der Waals surface area contributed by atoms with Crippen LogP contribution in [0.4, 0.5) is 4.79 Å². The molecular formula is C58H80N10O15S. The lowest BCUT2D eigenvalue weighted by atomic mass is 10.1. The van der Waals surface area contributed by atoms with E-state index in [1.165, 1.54) is 26.0 Å². The van der Waals surface area contributed by atoms with Crippen molar-refractivity contribution < 1.29 is 70.8 Å². The molecule has 0 spiro atoms. The molecule has 458 valence electrons. The van der Waals surface area contributed by atoms with Gasteiger partial charge >= 0.3 is 24.0 Å². The van der Waals surface area contributed by atoms with Gasteiger partial charge in [0.2, 0.25) is 27.7 Å². The number of aliphatic imine (C=N–C) groups is 1. The molecule has 84 heavy (non-hydrogen) atoms. The molecule has 3 atom stereocenters. The molecule has 25 nitrogen and oxygen atoms in total. The van der Waals surface area contributed by atoms with E-state index in [-0.39, 0.29) is 92.3 Å². The Hall–Kier alpha value is -8.13. The van der Waals surface area contributed by atoms with Gasteiger partial charge in [-0.05, 0) is 135 Å². The molecule has 0 saturated carbocycles. The van der Waals surface area contributed by atoms with Crippen LogP contribution in [0.3, 0.4) is 0 Å². The van der Waals surface area contributed by atoms with Crippen LogP contribution in [0.15, 0.2) is 76.7 Å². The number of ether oxygens (including phenoxy) is 4. The number of amides is 5. The summed E-state index contributed by atoms with van der Waals surface area (Å²) in [5.41, 5.74) is 0.561. The van der Waals surface area contributed by atoms with Crippen molar-refractivity contribution in [3.05, 3.63) is 89.1 Å². The number of hydrogen-bond donors (Lipinski definition) is 8. The van der Waals surface area contributed by atoms with Gasteiger partial charge in [-0.3, -0.25) is 43.2 Å². The third kappa shape index (κ3) is 22.9. The van der Waals surface area contributed by atoms with Gasteiger partial charge < -0.3 is 56.0 Å². The van der Waals surface area contributed by atoms with Gasteiger partial charge in [0.1, 0.15) is 41.7 Å². The summed E-state index contributed by atoms with van der Waals surface area (Å²) < 4.78 is 53.3. The van der Waals surface area contributed by atoms with Crippen LogP contribution in [0, 0.1) is 13.8 Å². The van der Waals surface area contributed by atoms with Gasteiger partial charge in [-0.2, -0.15) is 9.82 Å². The van der Waals surface area contributed by atoms with Crippen LogP contribution in [-0.4, -0.2) is 145 Å². The Morgan fingerprint density at radius 2 is 1.38 bits per heavy atom. The fourth-order valence-corrected chi connectivity index (χ4v) is 10.4. The molecule has 1 aliphatic rings. The second-order valence-electron chi connectivity index (χ2n) is 22.1. The van der Waals surface area contributed by atoms with Crippen LogP contribution >= 0.6 is 0 Å². The number of rotatable bonds is 30. The van der Waals surface area contributed by atoms with Gasteiger partial charge in [0, 0.05) is 69.4 Å². The molecule has 0 bridgehead atoms. The summed E-state index contributed by atoms with van der Waals surface area (Å²) in [5.74, 6) is -4.04. The number of carboxylic acids is 1. The number of benzene rings is 3. The van der Waals surface area contributed by atoms with E-state index >= 15 is 0 Å². The topological polar surface area (TPSA) is 342 Å². The first kappa shape index (κ1) is 66.7. The van der Waals surface area contributed by atoms with Crippen LogP contribution < -0.4 is 41.4 Å². The van der Waals surface area contributed by atoms with Crippen molar-refractivity contribution in [3.63, 3.8) is 0 Å². The van der Waals surface area contributed by atoms with E-state index in [9.17, 15) is 51.9 Å². The fraction of sp³-hybridized carbons (Fsp3) is 0.517. The molecule has 1 aliphatic heterocycles. The smallest absolute Gasteiger partial charge is 0.408 e. The van der Waals surface area contributed by atoms with Gasteiger partial charge in [-0.1, -0.05) is 30.3 Å². The number of fused-ring (bicyclic) bond motifs is 1. The molecule has 5 rings (SSSR count). The number of aromatic nitrogens is 2. The molecule has 1 aromatic heterocycles. The number of sulfonamides is 1. The molecule has 26 heteroatoms. The molecule has 0 fully saturated rings. The first-order valence-corrected chi connectivity index (χ1v) is 29.4.